The predicted octanol–water partition coefficient (Wildman–Crippen LogP) is 3.15. The predicted molar refractivity (Wildman–Crippen MR) is 61.5 cm³/mol. The SMILES string of the molecule is Cc1ccc2c(C)c(CCl)c(=O)oc2c1. The molecular weight excluding hydrogens is 212 g/mol. The number of alkyl halides is 1. The number of fused-ring (bicyclic) bond motifs is 1. The van der Waals surface area contributed by atoms with Crippen molar-refractivity contribution >= 4 is 22.6 Å². The van der Waals surface area contributed by atoms with Gasteiger partial charge in [0.05, 0.1) is 11.4 Å². The highest BCUT2D eigenvalue weighted by molar-refractivity contribution is 6.17. The monoisotopic (exact) mass is 222 g/mol. The molecule has 2 aromatic rings. The van der Waals surface area contributed by atoms with Gasteiger partial charge in [0.25, 0.3) is 0 Å². The number of rotatable bonds is 1. The molecule has 1 aromatic heterocycles. The Labute approximate surface area is 92.5 Å². The Morgan fingerprint density at radius 3 is 2.73 bits per heavy atom. The van der Waals surface area contributed by atoms with E-state index in [0.29, 0.717) is 11.1 Å². The molecule has 2 rings (SSSR count). The fourth-order valence-corrected chi connectivity index (χ4v) is 1.97. The average molecular weight is 223 g/mol. The summed E-state index contributed by atoms with van der Waals surface area (Å²) in [7, 11) is 0. The topological polar surface area (TPSA) is 30.2 Å². The van der Waals surface area contributed by atoms with Crippen LogP contribution in [-0.4, -0.2) is 0 Å². The van der Waals surface area contributed by atoms with Crippen molar-refractivity contribution in [3.63, 3.8) is 0 Å². The molecule has 0 atom stereocenters. The lowest BCUT2D eigenvalue weighted by atomic mass is 10.1. The lowest BCUT2D eigenvalue weighted by Gasteiger charge is -2.05. The van der Waals surface area contributed by atoms with Crippen LogP contribution in [0.1, 0.15) is 16.7 Å². The van der Waals surface area contributed by atoms with Crippen molar-refractivity contribution in [3.8, 4) is 0 Å². The summed E-state index contributed by atoms with van der Waals surface area (Å²) in [6, 6.07) is 5.81. The Kier molecular flexibility index (Phi) is 2.53. The molecule has 0 amide bonds. The Morgan fingerprint density at radius 1 is 1.33 bits per heavy atom. The normalized spacial score (nSPS) is 10.9. The van der Waals surface area contributed by atoms with Gasteiger partial charge in [-0.2, -0.15) is 0 Å². The lowest BCUT2D eigenvalue weighted by molar-refractivity contribution is 0.552. The summed E-state index contributed by atoms with van der Waals surface area (Å²) in [5.74, 6) is 0.192. The molecule has 1 aromatic carbocycles. The van der Waals surface area contributed by atoms with Gasteiger partial charge < -0.3 is 4.42 Å². The molecule has 0 saturated carbocycles. The quantitative estimate of drug-likeness (QED) is 0.548. The molecule has 0 aliphatic heterocycles. The first-order chi connectivity index (χ1) is 7.13. The molecule has 1 heterocycles. The summed E-state index contributed by atoms with van der Waals surface area (Å²) in [5, 5.41) is 0.954. The van der Waals surface area contributed by atoms with Crippen LogP contribution in [0.15, 0.2) is 27.4 Å². The van der Waals surface area contributed by atoms with E-state index in [-0.39, 0.29) is 11.5 Å². The van der Waals surface area contributed by atoms with Gasteiger partial charge in [-0.15, -0.1) is 11.6 Å². The van der Waals surface area contributed by atoms with Crippen LogP contribution in [0.4, 0.5) is 0 Å². The molecule has 3 heteroatoms. The van der Waals surface area contributed by atoms with E-state index in [9.17, 15) is 4.79 Å². The summed E-state index contributed by atoms with van der Waals surface area (Å²) in [6.45, 7) is 3.86. The van der Waals surface area contributed by atoms with Crippen molar-refractivity contribution in [2.45, 2.75) is 19.7 Å². The Bertz CT molecular complexity index is 570. The molecule has 0 aliphatic carbocycles. The zero-order valence-electron chi connectivity index (χ0n) is 8.63. The summed E-state index contributed by atoms with van der Waals surface area (Å²) in [5.41, 5.74) is 2.83. The lowest BCUT2D eigenvalue weighted by Crippen LogP contribution is -2.08. The molecule has 78 valence electrons. The Hall–Kier alpha value is -1.28. The first-order valence-corrected chi connectivity index (χ1v) is 5.26. The molecule has 0 N–H and O–H groups in total. The maximum Gasteiger partial charge on any atom is 0.340 e. The van der Waals surface area contributed by atoms with Gasteiger partial charge in [-0.05, 0) is 31.0 Å². The first-order valence-electron chi connectivity index (χ1n) is 4.72. The van der Waals surface area contributed by atoms with Crippen molar-refractivity contribution in [1.82, 2.24) is 0 Å². The van der Waals surface area contributed by atoms with Crippen molar-refractivity contribution in [3.05, 3.63) is 45.3 Å². The number of hydrogen-bond acceptors (Lipinski definition) is 2. The molecular formula is C12H11ClO2. The van der Waals surface area contributed by atoms with E-state index < -0.39 is 0 Å². The third-order valence-electron chi connectivity index (χ3n) is 2.58. The van der Waals surface area contributed by atoms with Crippen LogP contribution in [-0.2, 0) is 5.88 Å². The Morgan fingerprint density at radius 2 is 2.07 bits per heavy atom. The second kappa shape index (κ2) is 3.70. The average Bonchev–Trinajstić information content (AvgIpc) is 2.17. The van der Waals surface area contributed by atoms with Crippen LogP contribution in [0.3, 0.4) is 0 Å². The van der Waals surface area contributed by atoms with Gasteiger partial charge in [-0.3, -0.25) is 0 Å². The van der Waals surface area contributed by atoms with Crippen LogP contribution >= 0.6 is 11.6 Å². The maximum absolute atomic E-state index is 11.5. The highest BCUT2D eigenvalue weighted by Gasteiger charge is 2.09. The van der Waals surface area contributed by atoms with Gasteiger partial charge in [-0.1, -0.05) is 12.1 Å². The van der Waals surface area contributed by atoms with E-state index in [1.54, 1.807) is 0 Å². The smallest absolute Gasteiger partial charge is 0.340 e. The number of aryl methyl sites for hydroxylation is 2. The van der Waals surface area contributed by atoms with Gasteiger partial charge in [0.1, 0.15) is 5.58 Å². The van der Waals surface area contributed by atoms with E-state index >= 15 is 0 Å². The molecule has 0 bridgehead atoms. The molecule has 0 fully saturated rings. The summed E-state index contributed by atoms with van der Waals surface area (Å²) in [6.07, 6.45) is 0. The molecule has 15 heavy (non-hydrogen) atoms. The van der Waals surface area contributed by atoms with E-state index in [4.69, 9.17) is 16.0 Å². The van der Waals surface area contributed by atoms with Gasteiger partial charge >= 0.3 is 5.63 Å². The first kappa shape index (κ1) is 10.2. The summed E-state index contributed by atoms with van der Waals surface area (Å²) < 4.78 is 5.21. The minimum Gasteiger partial charge on any atom is -0.422 e. The number of benzene rings is 1. The van der Waals surface area contributed by atoms with Gasteiger partial charge in [-0.25, -0.2) is 4.79 Å². The van der Waals surface area contributed by atoms with Crippen molar-refractivity contribution in [1.29, 1.82) is 0 Å². The number of halogens is 1. The third-order valence-corrected chi connectivity index (χ3v) is 2.84. The van der Waals surface area contributed by atoms with Crippen LogP contribution in [0, 0.1) is 13.8 Å². The second-order valence-corrected chi connectivity index (χ2v) is 3.89. The molecule has 0 unspecified atom stereocenters. The largest absolute Gasteiger partial charge is 0.422 e. The van der Waals surface area contributed by atoms with Gasteiger partial charge in [0.2, 0.25) is 0 Å². The van der Waals surface area contributed by atoms with Crippen molar-refractivity contribution < 1.29 is 4.42 Å². The Balaban J connectivity index is 2.91. The fraction of sp³-hybridized carbons (Fsp3) is 0.250. The van der Waals surface area contributed by atoms with Crippen LogP contribution in [0.2, 0.25) is 0 Å². The molecule has 0 spiro atoms. The van der Waals surface area contributed by atoms with Crippen molar-refractivity contribution in [2.24, 2.45) is 0 Å². The minimum absolute atomic E-state index is 0.192. The highest BCUT2D eigenvalue weighted by atomic mass is 35.5. The van der Waals surface area contributed by atoms with E-state index in [1.807, 2.05) is 32.0 Å². The molecule has 2 nitrogen and oxygen atoms in total. The third kappa shape index (κ3) is 1.65. The second-order valence-electron chi connectivity index (χ2n) is 3.63. The molecule has 0 aliphatic rings. The van der Waals surface area contributed by atoms with Crippen LogP contribution in [0.25, 0.3) is 11.0 Å². The van der Waals surface area contributed by atoms with Crippen LogP contribution < -0.4 is 5.63 Å². The van der Waals surface area contributed by atoms with Crippen molar-refractivity contribution in [2.75, 3.05) is 0 Å². The minimum atomic E-state index is -0.333. The van der Waals surface area contributed by atoms with Crippen LogP contribution in [0.5, 0.6) is 0 Å². The summed E-state index contributed by atoms with van der Waals surface area (Å²) >= 11 is 5.71. The van der Waals surface area contributed by atoms with Gasteiger partial charge in [0, 0.05) is 5.39 Å². The van der Waals surface area contributed by atoms with E-state index in [2.05, 4.69) is 0 Å². The highest BCUT2D eigenvalue weighted by Crippen LogP contribution is 2.21. The summed E-state index contributed by atoms with van der Waals surface area (Å²) in [4.78, 5) is 11.5. The molecule has 0 radical (unpaired) electrons. The standard InChI is InChI=1S/C12H11ClO2/c1-7-3-4-9-8(2)10(6-13)12(14)15-11(9)5-7/h3-5H,6H2,1-2H3. The van der Waals surface area contributed by atoms with E-state index in [1.165, 1.54) is 0 Å². The maximum atomic E-state index is 11.5. The number of hydrogen-bond donors (Lipinski definition) is 0. The van der Waals surface area contributed by atoms with E-state index in [0.717, 1.165) is 16.5 Å². The zero-order chi connectivity index (χ0) is 11.0. The zero-order valence-corrected chi connectivity index (χ0v) is 9.39. The van der Waals surface area contributed by atoms with Gasteiger partial charge in [0.15, 0.2) is 0 Å². The molecule has 0 saturated heterocycles. The fourth-order valence-electron chi connectivity index (χ4n) is 1.66.